The molecule has 0 N–H and O–H groups in total. The third-order valence-electron chi connectivity index (χ3n) is 4.92. The SMILES string of the molecule is CC(=O)N1CCC(Cc2ncc(C)n2Cc2ccc(F)cc2)CC1. The normalized spacial score (nSPS) is 15.7. The van der Waals surface area contributed by atoms with Crippen molar-refractivity contribution in [3.8, 4) is 0 Å². The van der Waals surface area contributed by atoms with Crippen LogP contribution in [-0.4, -0.2) is 33.4 Å². The predicted molar refractivity (Wildman–Crippen MR) is 91.1 cm³/mol. The van der Waals surface area contributed by atoms with Gasteiger partial charge in [0.05, 0.1) is 0 Å². The maximum absolute atomic E-state index is 13.1. The maximum Gasteiger partial charge on any atom is 0.219 e. The second-order valence-corrected chi connectivity index (χ2v) is 6.68. The first-order valence-electron chi connectivity index (χ1n) is 8.54. The molecule has 1 saturated heterocycles. The van der Waals surface area contributed by atoms with E-state index in [9.17, 15) is 9.18 Å². The summed E-state index contributed by atoms with van der Waals surface area (Å²) in [7, 11) is 0. The first-order chi connectivity index (χ1) is 11.5. The molecular formula is C19H24FN3O. The highest BCUT2D eigenvalue weighted by atomic mass is 19.1. The van der Waals surface area contributed by atoms with Crippen molar-refractivity contribution in [1.29, 1.82) is 0 Å². The highest BCUT2D eigenvalue weighted by molar-refractivity contribution is 5.73. The second kappa shape index (κ2) is 7.16. The van der Waals surface area contributed by atoms with Crippen LogP contribution in [0.4, 0.5) is 4.39 Å². The van der Waals surface area contributed by atoms with Gasteiger partial charge >= 0.3 is 0 Å². The number of aromatic nitrogens is 2. The number of imidazole rings is 1. The average Bonchev–Trinajstić information content (AvgIpc) is 2.90. The summed E-state index contributed by atoms with van der Waals surface area (Å²) in [6.07, 6.45) is 4.90. The first-order valence-corrected chi connectivity index (χ1v) is 8.54. The van der Waals surface area contributed by atoms with Crippen LogP contribution in [-0.2, 0) is 17.8 Å². The summed E-state index contributed by atoms with van der Waals surface area (Å²) in [6.45, 7) is 6.10. The Morgan fingerprint density at radius 3 is 2.54 bits per heavy atom. The van der Waals surface area contributed by atoms with Crippen LogP contribution in [0.15, 0.2) is 30.5 Å². The minimum absolute atomic E-state index is 0.169. The van der Waals surface area contributed by atoms with Crippen molar-refractivity contribution in [3.05, 3.63) is 53.4 Å². The molecule has 0 bridgehead atoms. The molecule has 2 heterocycles. The number of carbonyl (C=O) groups excluding carboxylic acids is 1. The first kappa shape index (κ1) is 16.7. The molecule has 5 heteroatoms. The van der Waals surface area contributed by atoms with Gasteiger partial charge in [-0.2, -0.15) is 0 Å². The molecular weight excluding hydrogens is 305 g/mol. The fourth-order valence-corrected chi connectivity index (χ4v) is 3.37. The Morgan fingerprint density at radius 2 is 1.92 bits per heavy atom. The lowest BCUT2D eigenvalue weighted by Crippen LogP contribution is -2.37. The Balaban J connectivity index is 1.67. The number of aryl methyl sites for hydroxylation is 1. The summed E-state index contributed by atoms with van der Waals surface area (Å²) in [5, 5.41) is 0. The fourth-order valence-electron chi connectivity index (χ4n) is 3.37. The van der Waals surface area contributed by atoms with Crippen LogP contribution in [0.3, 0.4) is 0 Å². The Morgan fingerprint density at radius 1 is 1.25 bits per heavy atom. The lowest BCUT2D eigenvalue weighted by Gasteiger charge is -2.31. The van der Waals surface area contributed by atoms with Crippen molar-refractivity contribution in [1.82, 2.24) is 14.5 Å². The predicted octanol–water partition coefficient (Wildman–Crippen LogP) is 3.18. The summed E-state index contributed by atoms with van der Waals surface area (Å²) in [5.41, 5.74) is 2.20. The van der Waals surface area contributed by atoms with Gasteiger partial charge in [-0.15, -0.1) is 0 Å². The molecule has 4 nitrogen and oxygen atoms in total. The topological polar surface area (TPSA) is 38.1 Å². The Labute approximate surface area is 142 Å². The van der Waals surface area contributed by atoms with Gasteiger partial charge in [0.2, 0.25) is 5.91 Å². The Hall–Kier alpha value is -2.17. The minimum Gasteiger partial charge on any atom is -0.343 e. The monoisotopic (exact) mass is 329 g/mol. The van der Waals surface area contributed by atoms with E-state index in [1.807, 2.05) is 23.2 Å². The Bertz CT molecular complexity index is 700. The number of hydrogen-bond acceptors (Lipinski definition) is 2. The average molecular weight is 329 g/mol. The molecule has 128 valence electrons. The van der Waals surface area contributed by atoms with Crippen molar-refractivity contribution in [3.63, 3.8) is 0 Å². The van der Waals surface area contributed by atoms with Gasteiger partial charge in [0.15, 0.2) is 0 Å². The molecule has 2 aromatic rings. The van der Waals surface area contributed by atoms with Gasteiger partial charge in [0.25, 0.3) is 0 Å². The standard InChI is InChI=1S/C19H24FN3O/c1-14-12-21-19(11-16-7-9-22(10-8-16)15(2)24)23(14)13-17-3-5-18(20)6-4-17/h3-6,12,16H,7-11,13H2,1-2H3. The van der Waals surface area contributed by atoms with E-state index < -0.39 is 0 Å². The van der Waals surface area contributed by atoms with Gasteiger partial charge in [0.1, 0.15) is 11.6 Å². The zero-order valence-corrected chi connectivity index (χ0v) is 14.3. The van der Waals surface area contributed by atoms with E-state index >= 15 is 0 Å². The molecule has 0 unspecified atom stereocenters. The largest absolute Gasteiger partial charge is 0.343 e. The van der Waals surface area contributed by atoms with Crippen LogP contribution in [0, 0.1) is 18.7 Å². The molecule has 1 aromatic heterocycles. The minimum atomic E-state index is -0.210. The summed E-state index contributed by atoms with van der Waals surface area (Å²) < 4.78 is 15.3. The highest BCUT2D eigenvalue weighted by Gasteiger charge is 2.22. The molecule has 1 fully saturated rings. The van der Waals surface area contributed by atoms with Crippen molar-refractivity contribution >= 4 is 5.91 Å². The summed E-state index contributed by atoms with van der Waals surface area (Å²) in [5.74, 6) is 1.60. The van der Waals surface area contributed by atoms with Crippen molar-refractivity contribution in [2.24, 2.45) is 5.92 Å². The lowest BCUT2D eigenvalue weighted by molar-refractivity contribution is -0.130. The molecule has 0 aliphatic carbocycles. The number of hydrogen-bond donors (Lipinski definition) is 0. The van der Waals surface area contributed by atoms with Crippen LogP contribution in [0.2, 0.25) is 0 Å². The number of halogens is 1. The molecule has 24 heavy (non-hydrogen) atoms. The van der Waals surface area contributed by atoms with Gasteiger partial charge in [-0.1, -0.05) is 12.1 Å². The van der Waals surface area contributed by atoms with Gasteiger partial charge in [-0.05, 0) is 43.4 Å². The van der Waals surface area contributed by atoms with E-state index in [-0.39, 0.29) is 11.7 Å². The van der Waals surface area contributed by atoms with E-state index in [4.69, 9.17) is 0 Å². The number of piperidine rings is 1. The number of nitrogens with zero attached hydrogens (tertiary/aromatic N) is 3. The number of amides is 1. The zero-order chi connectivity index (χ0) is 17.1. The van der Waals surface area contributed by atoms with E-state index in [1.54, 1.807) is 6.92 Å². The molecule has 0 atom stereocenters. The molecule has 1 aliphatic heterocycles. The van der Waals surface area contributed by atoms with Gasteiger partial charge in [0, 0.05) is 44.9 Å². The number of benzene rings is 1. The third kappa shape index (κ3) is 3.83. The molecule has 0 radical (unpaired) electrons. The quantitative estimate of drug-likeness (QED) is 0.864. The molecule has 1 amide bonds. The molecule has 1 aromatic carbocycles. The maximum atomic E-state index is 13.1. The molecule has 1 aliphatic rings. The van der Waals surface area contributed by atoms with Crippen LogP contribution in [0.1, 0.15) is 36.8 Å². The zero-order valence-electron chi connectivity index (χ0n) is 14.3. The van der Waals surface area contributed by atoms with Crippen LogP contribution >= 0.6 is 0 Å². The number of rotatable bonds is 4. The molecule has 0 spiro atoms. The Kier molecular flexibility index (Phi) is 4.97. The van der Waals surface area contributed by atoms with E-state index in [0.717, 1.165) is 49.4 Å². The van der Waals surface area contributed by atoms with E-state index in [1.165, 1.54) is 12.1 Å². The van der Waals surface area contributed by atoms with Crippen LogP contribution < -0.4 is 0 Å². The fraction of sp³-hybridized carbons (Fsp3) is 0.474. The van der Waals surface area contributed by atoms with E-state index in [2.05, 4.69) is 16.5 Å². The van der Waals surface area contributed by atoms with Gasteiger partial charge in [-0.3, -0.25) is 4.79 Å². The summed E-state index contributed by atoms with van der Waals surface area (Å²) >= 11 is 0. The third-order valence-corrected chi connectivity index (χ3v) is 4.92. The number of likely N-dealkylation sites (tertiary alicyclic amines) is 1. The van der Waals surface area contributed by atoms with Crippen LogP contribution in [0.5, 0.6) is 0 Å². The molecule has 0 saturated carbocycles. The van der Waals surface area contributed by atoms with Gasteiger partial charge in [-0.25, -0.2) is 9.37 Å². The van der Waals surface area contributed by atoms with E-state index in [0.29, 0.717) is 12.5 Å². The van der Waals surface area contributed by atoms with Gasteiger partial charge < -0.3 is 9.47 Å². The van der Waals surface area contributed by atoms with Crippen LogP contribution in [0.25, 0.3) is 0 Å². The summed E-state index contributed by atoms with van der Waals surface area (Å²) in [4.78, 5) is 17.9. The van der Waals surface area contributed by atoms with Crippen molar-refractivity contribution in [2.45, 2.75) is 39.7 Å². The van der Waals surface area contributed by atoms with Crippen molar-refractivity contribution < 1.29 is 9.18 Å². The lowest BCUT2D eigenvalue weighted by atomic mass is 9.93. The second-order valence-electron chi connectivity index (χ2n) is 6.68. The molecule has 3 rings (SSSR count). The summed E-state index contributed by atoms with van der Waals surface area (Å²) in [6, 6.07) is 6.64. The van der Waals surface area contributed by atoms with Crippen molar-refractivity contribution in [2.75, 3.05) is 13.1 Å². The highest BCUT2D eigenvalue weighted by Crippen LogP contribution is 2.22. The number of carbonyl (C=O) groups is 1. The smallest absolute Gasteiger partial charge is 0.219 e.